The molecule has 0 aromatic heterocycles. The summed E-state index contributed by atoms with van der Waals surface area (Å²) in [6, 6.07) is 1.61. The second kappa shape index (κ2) is 19.9. The van der Waals surface area contributed by atoms with Gasteiger partial charge in [-0.3, -0.25) is 29.0 Å². The van der Waals surface area contributed by atoms with Crippen molar-refractivity contribution in [2.75, 3.05) is 13.1 Å². The number of hydrogen-bond acceptors (Lipinski definition) is 10. The van der Waals surface area contributed by atoms with Gasteiger partial charge in [-0.1, -0.05) is 30.3 Å². The fourth-order valence-electron chi connectivity index (χ4n) is 4.98. The minimum absolute atomic E-state index is 0.0352. The summed E-state index contributed by atoms with van der Waals surface area (Å²) in [6.07, 6.45) is -1.14. The molecule has 0 aliphatic carbocycles. The summed E-state index contributed by atoms with van der Waals surface area (Å²) in [6.45, 7) is 4.42. The number of hydrogen-bond donors (Lipinski definition) is 11. The number of guanidine groups is 1. The smallest absolute Gasteiger partial charge is 0.328 e. The molecule has 1 aliphatic rings. The van der Waals surface area contributed by atoms with Gasteiger partial charge in [0.25, 0.3) is 0 Å². The predicted molar refractivity (Wildman–Crippen MR) is 177 cm³/mol. The van der Waals surface area contributed by atoms with Crippen molar-refractivity contribution in [1.82, 2.24) is 31.9 Å². The molecular weight excluding hydrogens is 642 g/mol. The summed E-state index contributed by atoms with van der Waals surface area (Å²) in [5.74, 6) is -5.48. The normalized spacial score (nSPS) is 18.3. The van der Waals surface area contributed by atoms with E-state index in [2.05, 4.69) is 36.9 Å². The number of aliphatic imine (C=N–C) groups is 1. The number of nitrogens with two attached hydrogens (primary N) is 2. The van der Waals surface area contributed by atoms with Crippen molar-refractivity contribution in [3.8, 4) is 0 Å². The Morgan fingerprint density at radius 1 is 0.837 bits per heavy atom. The van der Waals surface area contributed by atoms with Gasteiger partial charge in [0, 0.05) is 13.0 Å². The molecule has 8 atom stereocenters. The molecular formula is C31H49N9O9. The van der Waals surface area contributed by atoms with Crippen LogP contribution in [0.4, 0.5) is 0 Å². The molecule has 49 heavy (non-hydrogen) atoms. The van der Waals surface area contributed by atoms with Crippen molar-refractivity contribution in [2.45, 2.75) is 101 Å². The maximum atomic E-state index is 13.6. The quantitative estimate of drug-likeness (QED) is 0.0380. The maximum absolute atomic E-state index is 13.6. The molecule has 1 fully saturated rings. The molecule has 1 heterocycles. The monoisotopic (exact) mass is 691 g/mol. The van der Waals surface area contributed by atoms with E-state index in [9.17, 15) is 44.1 Å². The van der Waals surface area contributed by atoms with Gasteiger partial charge in [0.2, 0.25) is 29.5 Å². The molecule has 0 unspecified atom stereocenters. The summed E-state index contributed by atoms with van der Waals surface area (Å²) >= 11 is 0. The van der Waals surface area contributed by atoms with Gasteiger partial charge in [-0.2, -0.15) is 0 Å². The topological polar surface area (TPSA) is 300 Å². The van der Waals surface area contributed by atoms with Gasteiger partial charge in [-0.15, -0.1) is 0 Å². The molecule has 13 N–H and O–H groups in total. The molecule has 0 bridgehead atoms. The first-order valence-electron chi connectivity index (χ1n) is 16.0. The minimum atomic E-state index is -1.71. The number of carboxylic acid groups (broad SMARTS) is 1. The highest BCUT2D eigenvalue weighted by Gasteiger charge is 2.34. The molecule has 0 saturated carbocycles. The molecule has 1 saturated heterocycles. The van der Waals surface area contributed by atoms with Crippen LogP contribution < -0.4 is 43.4 Å². The number of amides is 5. The average Bonchev–Trinajstić information content (AvgIpc) is 3.58. The lowest BCUT2D eigenvalue weighted by Crippen LogP contribution is -2.61. The summed E-state index contributed by atoms with van der Waals surface area (Å²) < 4.78 is 0. The SMILES string of the molecule is C[C@H](NC(=O)[C@H](CCCN=C(N)N)NC(=O)[C@H](Cc1ccccc1)NC(=O)[C@@H]1CCCN1)C(=O)N[C@H](C(=O)N[C@H](C(=O)O)[C@@H](C)O)[C@@H](C)O. The van der Waals surface area contributed by atoms with Crippen molar-refractivity contribution >= 4 is 41.5 Å². The average molecular weight is 692 g/mol. The Bertz CT molecular complexity index is 1320. The molecule has 18 nitrogen and oxygen atoms in total. The minimum Gasteiger partial charge on any atom is -0.480 e. The standard InChI is InChI=1S/C31H49N9O9/c1-16(25(43)39-23(17(2)41)29(47)40-24(18(3)42)30(48)49)36-27(45)21(12-8-14-35-31(32)33)37-28(46)22(15-19-9-5-4-6-10-19)38-26(44)20-11-7-13-34-20/h4-6,9-10,16-18,20-24,34,41-42H,7-8,11-15H2,1-3H3,(H,36,45)(H,37,46)(H,38,44)(H,39,43)(H,40,47)(H,48,49)(H4,32,33,35)/t16-,17+,18+,20-,21-,22-,23-,24-/m0/s1. The van der Waals surface area contributed by atoms with E-state index in [-0.39, 0.29) is 37.7 Å². The van der Waals surface area contributed by atoms with Crippen molar-refractivity contribution in [1.29, 1.82) is 0 Å². The van der Waals surface area contributed by atoms with Crippen LogP contribution in [0, 0.1) is 0 Å². The van der Waals surface area contributed by atoms with E-state index >= 15 is 0 Å². The molecule has 0 spiro atoms. The van der Waals surface area contributed by atoms with Crippen LogP contribution in [0.15, 0.2) is 35.3 Å². The molecule has 5 amide bonds. The highest BCUT2D eigenvalue weighted by Crippen LogP contribution is 2.09. The van der Waals surface area contributed by atoms with Crippen LogP contribution in [-0.4, -0.2) is 118 Å². The van der Waals surface area contributed by atoms with Crippen molar-refractivity contribution < 1.29 is 44.1 Å². The molecule has 272 valence electrons. The summed E-state index contributed by atoms with van der Waals surface area (Å²) in [4.78, 5) is 81.1. The van der Waals surface area contributed by atoms with Crippen LogP contribution in [0.1, 0.15) is 52.0 Å². The van der Waals surface area contributed by atoms with E-state index in [1.807, 2.05) is 6.07 Å². The van der Waals surface area contributed by atoms with E-state index in [1.54, 1.807) is 24.3 Å². The van der Waals surface area contributed by atoms with E-state index in [0.717, 1.165) is 18.9 Å². The molecule has 1 aromatic carbocycles. The zero-order valence-corrected chi connectivity index (χ0v) is 27.8. The molecule has 1 aromatic rings. The number of aliphatic carboxylic acids is 1. The second-order valence-electron chi connectivity index (χ2n) is 11.9. The zero-order chi connectivity index (χ0) is 36.7. The maximum Gasteiger partial charge on any atom is 0.328 e. The number of carbonyl (C=O) groups is 6. The van der Waals surface area contributed by atoms with Gasteiger partial charge in [-0.05, 0) is 58.6 Å². The summed E-state index contributed by atoms with van der Waals surface area (Å²) in [5, 5.41) is 44.4. The number of nitrogens with one attached hydrogen (secondary N) is 6. The van der Waals surface area contributed by atoms with Crippen LogP contribution in [0.25, 0.3) is 0 Å². The third-order valence-corrected chi connectivity index (χ3v) is 7.73. The summed E-state index contributed by atoms with van der Waals surface area (Å²) in [7, 11) is 0. The van der Waals surface area contributed by atoms with E-state index in [1.165, 1.54) is 13.8 Å². The van der Waals surface area contributed by atoms with Crippen molar-refractivity contribution in [3.05, 3.63) is 35.9 Å². The van der Waals surface area contributed by atoms with E-state index in [4.69, 9.17) is 11.5 Å². The molecule has 0 radical (unpaired) electrons. The lowest BCUT2D eigenvalue weighted by Gasteiger charge is -2.27. The fourth-order valence-corrected chi connectivity index (χ4v) is 4.98. The Morgan fingerprint density at radius 3 is 2.00 bits per heavy atom. The Morgan fingerprint density at radius 2 is 1.45 bits per heavy atom. The number of rotatable bonds is 19. The third kappa shape index (κ3) is 13.7. The Labute approximate surface area is 284 Å². The van der Waals surface area contributed by atoms with Crippen LogP contribution >= 0.6 is 0 Å². The number of carboxylic acids is 1. The van der Waals surface area contributed by atoms with Crippen LogP contribution in [-0.2, 0) is 35.2 Å². The van der Waals surface area contributed by atoms with Gasteiger partial charge < -0.3 is 58.7 Å². The van der Waals surface area contributed by atoms with E-state index < -0.39 is 78.1 Å². The largest absolute Gasteiger partial charge is 0.480 e. The first-order chi connectivity index (χ1) is 23.1. The highest BCUT2D eigenvalue weighted by atomic mass is 16.4. The van der Waals surface area contributed by atoms with Gasteiger partial charge in [-0.25, -0.2) is 4.79 Å². The molecule has 18 heteroatoms. The molecule has 2 rings (SSSR count). The van der Waals surface area contributed by atoms with Crippen molar-refractivity contribution in [2.24, 2.45) is 16.5 Å². The molecule has 1 aliphatic heterocycles. The van der Waals surface area contributed by atoms with Crippen LogP contribution in [0.5, 0.6) is 0 Å². The second-order valence-corrected chi connectivity index (χ2v) is 11.9. The van der Waals surface area contributed by atoms with Gasteiger partial charge in [0.15, 0.2) is 12.0 Å². The first-order valence-corrected chi connectivity index (χ1v) is 16.0. The Balaban J connectivity index is 2.20. The van der Waals surface area contributed by atoms with Crippen molar-refractivity contribution in [3.63, 3.8) is 0 Å². The van der Waals surface area contributed by atoms with Gasteiger partial charge >= 0.3 is 5.97 Å². The zero-order valence-electron chi connectivity index (χ0n) is 27.8. The number of carbonyl (C=O) groups excluding carboxylic acids is 5. The number of benzene rings is 1. The van der Waals surface area contributed by atoms with Crippen LogP contribution in [0.3, 0.4) is 0 Å². The fraction of sp³-hybridized carbons (Fsp3) is 0.581. The Kier molecular flexibility index (Phi) is 16.4. The number of nitrogens with zero attached hydrogens (tertiary/aromatic N) is 1. The highest BCUT2D eigenvalue weighted by molar-refractivity contribution is 5.96. The predicted octanol–water partition coefficient (Wildman–Crippen LogP) is -3.68. The van der Waals surface area contributed by atoms with Gasteiger partial charge in [0.05, 0.1) is 18.2 Å². The van der Waals surface area contributed by atoms with Crippen LogP contribution in [0.2, 0.25) is 0 Å². The number of aliphatic hydroxyl groups excluding tert-OH is 2. The Hall–Kier alpha value is -4.81. The lowest BCUT2D eigenvalue weighted by molar-refractivity contribution is -0.146. The summed E-state index contributed by atoms with van der Waals surface area (Å²) in [5.41, 5.74) is 11.6. The third-order valence-electron chi connectivity index (χ3n) is 7.73. The number of aliphatic hydroxyl groups is 2. The first kappa shape index (κ1) is 40.4. The van der Waals surface area contributed by atoms with E-state index in [0.29, 0.717) is 13.0 Å². The van der Waals surface area contributed by atoms with Gasteiger partial charge in [0.1, 0.15) is 24.2 Å². The lowest BCUT2D eigenvalue weighted by atomic mass is 10.0.